The van der Waals surface area contributed by atoms with E-state index in [-0.39, 0.29) is 6.54 Å². The Bertz CT molecular complexity index is 684. The van der Waals surface area contributed by atoms with E-state index in [1.807, 2.05) is 30.3 Å². The lowest BCUT2D eigenvalue weighted by molar-refractivity contribution is -0.148. The molecule has 3 rings (SSSR count). The summed E-state index contributed by atoms with van der Waals surface area (Å²) in [6.07, 6.45) is 7.36. The number of hydrogen-bond donors (Lipinski definition) is 1. The highest BCUT2D eigenvalue weighted by Crippen LogP contribution is 2.35. The normalized spacial score (nSPS) is 15.4. The monoisotopic (exact) mass is 299 g/mol. The maximum absolute atomic E-state index is 11.4. The van der Waals surface area contributed by atoms with Gasteiger partial charge in [0.2, 0.25) is 0 Å². The van der Waals surface area contributed by atoms with Crippen molar-refractivity contribution < 1.29 is 9.84 Å². The molecule has 3 aromatic rings. The van der Waals surface area contributed by atoms with E-state index in [4.69, 9.17) is 4.74 Å². The van der Waals surface area contributed by atoms with E-state index in [9.17, 15) is 5.11 Å². The van der Waals surface area contributed by atoms with Crippen LogP contribution in [0.25, 0.3) is 0 Å². The minimum Gasteiger partial charge on any atom is -0.378 e. The molecule has 1 N–H and O–H groups in total. The molecule has 0 spiro atoms. The molecular formula is C15H17N5O2. The van der Waals surface area contributed by atoms with Crippen LogP contribution >= 0.6 is 0 Å². The van der Waals surface area contributed by atoms with Gasteiger partial charge in [-0.05, 0) is 5.56 Å². The molecule has 0 radical (unpaired) electrons. The molecule has 1 aromatic carbocycles. The van der Waals surface area contributed by atoms with Crippen molar-refractivity contribution in [3.05, 3.63) is 67.3 Å². The number of ether oxygens (including phenoxy) is 1. The lowest BCUT2D eigenvalue weighted by Gasteiger charge is -2.36. The molecule has 0 bridgehead atoms. The van der Waals surface area contributed by atoms with Crippen molar-refractivity contribution in [3.8, 4) is 0 Å². The highest BCUT2D eigenvalue weighted by Gasteiger charge is 2.41. The van der Waals surface area contributed by atoms with Gasteiger partial charge in [-0.1, -0.05) is 30.3 Å². The van der Waals surface area contributed by atoms with Crippen LogP contribution in [0.4, 0.5) is 0 Å². The van der Waals surface area contributed by atoms with Gasteiger partial charge in [-0.2, -0.15) is 5.10 Å². The second-order valence-corrected chi connectivity index (χ2v) is 4.98. The maximum atomic E-state index is 11.4. The summed E-state index contributed by atoms with van der Waals surface area (Å²) in [7, 11) is 1.56. The van der Waals surface area contributed by atoms with E-state index >= 15 is 0 Å². The summed E-state index contributed by atoms with van der Waals surface area (Å²) in [5, 5.41) is 15.5. The number of hydrogen-bond acceptors (Lipinski definition) is 5. The van der Waals surface area contributed by atoms with Crippen molar-refractivity contribution in [2.75, 3.05) is 7.11 Å². The molecule has 114 valence electrons. The number of aliphatic hydroxyl groups is 1. The Labute approximate surface area is 127 Å². The number of aromatic nitrogens is 5. The van der Waals surface area contributed by atoms with Crippen molar-refractivity contribution in [2.24, 2.45) is 0 Å². The average molecular weight is 299 g/mol. The minimum absolute atomic E-state index is 0.202. The summed E-state index contributed by atoms with van der Waals surface area (Å²) >= 11 is 0. The first kappa shape index (κ1) is 14.4. The Morgan fingerprint density at radius 3 is 2.64 bits per heavy atom. The number of rotatable bonds is 6. The molecule has 2 atom stereocenters. The molecule has 0 fully saturated rings. The van der Waals surface area contributed by atoms with Crippen molar-refractivity contribution in [1.82, 2.24) is 24.3 Å². The maximum Gasteiger partial charge on any atom is 0.169 e. The fourth-order valence-corrected chi connectivity index (χ4v) is 2.57. The highest BCUT2D eigenvalue weighted by atomic mass is 16.5. The highest BCUT2D eigenvalue weighted by molar-refractivity contribution is 5.23. The first-order chi connectivity index (χ1) is 10.7. The summed E-state index contributed by atoms with van der Waals surface area (Å²) in [4.78, 5) is 7.96. The van der Waals surface area contributed by atoms with Gasteiger partial charge in [0, 0.05) is 19.5 Å². The van der Waals surface area contributed by atoms with Gasteiger partial charge in [0.15, 0.2) is 11.8 Å². The predicted octanol–water partition coefficient (Wildman–Crippen LogP) is 1.21. The molecule has 0 saturated carbocycles. The summed E-state index contributed by atoms with van der Waals surface area (Å²) in [5.74, 6) is 0. The van der Waals surface area contributed by atoms with Gasteiger partial charge in [0.1, 0.15) is 12.7 Å². The van der Waals surface area contributed by atoms with E-state index in [2.05, 4.69) is 15.1 Å². The van der Waals surface area contributed by atoms with Crippen molar-refractivity contribution in [3.63, 3.8) is 0 Å². The van der Waals surface area contributed by atoms with Gasteiger partial charge < -0.3 is 14.4 Å². The van der Waals surface area contributed by atoms with Gasteiger partial charge in [-0.25, -0.2) is 14.6 Å². The third kappa shape index (κ3) is 2.63. The Balaban J connectivity index is 2.05. The zero-order valence-electron chi connectivity index (χ0n) is 12.1. The topological polar surface area (TPSA) is 78.0 Å². The molecule has 0 saturated heterocycles. The van der Waals surface area contributed by atoms with Crippen LogP contribution in [-0.2, 0) is 16.9 Å². The zero-order valence-corrected chi connectivity index (χ0v) is 12.1. The van der Waals surface area contributed by atoms with Crippen molar-refractivity contribution in [1.29, 1.82) is 0 Å². The number of benzene rings is 1. The SMILES string of the molecule is CO[C@@H](n1ccnc1)[C@](O)(Cn1cncn1)c1ccccc1. The van der Waals surface area contributed by atoms with Crippen LogP contribution < -0.4 is 0 Å². The molecule has 22 heavy (non-hydrogen) atoms. The molecule has 0 aliphatic rings. The molecule has 7 heteroatoms. The van der Waals surface area contributed by atoms with Crippen LogP contribution in [-0.4, -0.2) is 36.5 Å². The molecule has 2 heterocycles. The number of methoxy groups -OCH3 is 1. The summed E-state index contributed by atoms with van der Waals surface area (Å²) in [6, 6.07) is 9.38. The number of imidazole rings is 1. The standard InChI is InChI=1S/C15H17N5O2/c1-22-14(19-8-7-16-11-19)15(21,9-20-12-17-10-18-20)13-5-3-2-4-6-13/h2-8,10-12,14,21H,9H2,1H3/t14-,15+/m1/s1. The third-order valence-electron chi connectivity index (χ3n) is 3.57. The first-order valence-corrected chi connectivity index (χ1v) is 6.84. The molecule has 7 nitrogen and oxygen atoms in total. The fraction of sp³-hybridized carbons (Fsp3) is 0.267. The largest absolute Gasteiger partial charge is 0.378 e. The Morgan fingerprint density at radius 1 is 1.23 bits per heavy atom. The van der Waals surface area contributed by atoms with Crippen LogP contribution in [0, 0.1) is 0 Å². The van der Waals surface area contributed by atoms with Crippen LogP contribution in [0.15, 0.2) is 61.7 Å². The van der Waals surface area contributed by atoms with Gasteiger partial charge in [-0.3, -0.25) is 0 Å². The first-order valence-electron chi connectivity index (χ1n) is 6.84. The molecular weight excluding hydrogens is 282 g/mol. The molecule has 0 aliphatic carbocycles. The van der Waals surface area contributed by atoms with E-state index in [0.29, 0.717) is 0 Å². The van der Waals surface area contributed by atoms with Gasteiger partial charge in [-0.15, -0.1) is 0 Å². The summed E-state index contributed by atoms with van der Waals surface area (Å²) in [5.41, 5.74) is -0.601. The Morgan fingerprint density at radius 2 is 2.05 bits per heavy atom. The molecule has 2 aromatic heterocycles. The predicted molar refractivity (Wildman–Crippen MR) is 78.6 cm³/mol. The minimum atomic E-state index is -1.33. The summed E-state index contributed by atoms with van der Waals surface area (Å²) < 4.78 is 8.88. The third-order valence-corrected chi connectivity index (χ3v) is 3.57. The van der Waals surface area contributed by atoms with Gasteiger partial charge >= 0.3 is 0 Å². The smallest absolute Gasteiger partial charge is 0.169 e. The van der Waals surface area contributed by atoms with Crippen LogP contribution in [0.2, 0.25) is 0 Å². The molecule has 0 amide bonds. The van der Waals surface area contributed by atoms with E-state index in [0.717, 1.165) is 5.56 Å². The summed E-state index contributed by atoms with van der Waals surface area (Å²) in [6.45, 7) is 0.202. The lowest BCUT2D eigenvalue weighted by Crippen LogP contribution is -2.41. The van der Waals surface area contributed by atoms with Crippen LogP contribution in [0.3, 0.4) is 0 Å². The van der Waals surface area contributed by atoms with Gasteiger partial charge in [0.05, 0.1) is 12.9 Å². The van der Waals surface area contributed by atoms with Crippen molar-refractivity contribution in [2.45, 2.75) is 18.4 Å². The van der Waals surface area contributed by atoms with E-state index in [1.165, 1.54) is 6.33 Å². The fourth-order valence-electron chi connectivity index (χ4n) is 2.57. The molecule has 0 aliphatic heterocycles. The number of nitrogens with zero attached hydrogens (tertiary/aromatic N) is 5. The van der Waals surface area contributed by atoms with Gasteiger partial charge in [0.25, 0.3) is 0 Å². The molecule has 0 unspecified atom stereocenters. The van der Waals surface area contributed by atoms with Crippen molar-refractivity contribution >= 4 is 0 Å². The Hall–Kier alpha value is -2.51. The average Bonchev–Trinajstić information content (AvgIpc) is 3.23. The van der Waals surface area contributed by atoms with Crippen LogP contribution in [0.5, 0.6) is 0 Å². The van der Waals surface area contributed by atoms with E-state index in [1.54, 1.807) is 41.4 Å². The second kappa shape index (κ2) is 6.08. The zero-order chi connectivity index (χ0) is 15.4. The van der Waals surface area contributed by atoms with Crippen LogP contribution in [0.1, 0.15) is 11.8 Å². The lowest BCUT2D eigenvalue weighted by atomic mass is 9.91. The second-order valence-electron chi connectivity index (χ2n) is 4.98. The quantitative estimate of drug-likeness (QED) is 0.740. The van der Waals surface area contributed by atoms with E-state index < -0.39 is 11.8 Å². The Kier molecular flexibility index (Phi) is 3.99.